The molecule has 0 radical (unpaired) electrons. The number of nitrogens with zero attached hydrogens (tertiary/aromatic N) is 2. The highest BCUT2D eigenvalue weighted by Crippen LogP contribution is 2.35. The fourth-order valence-electron chi connectivity index (χ4n) is 4.06. The molecule has 0 spiro atoms. The van der Waals surface area contributed by atoms with E-state index < -0.39 is 24.2 Å². The summed E-state index contributed by atoms with van der Waals surface area (Å²) >= 11 is 0. The van der Waals surface area contributed by atoms with E-state index in [0.717, 1.165) is 29.0 Å². The van der Waals surface area contributed by atoms with Crippen molar-refractivity contribution in [1.82, 2.24) is 4.90 Å². The smallest absolute Gasteiger partial charge is 0.406 e. The number of piperazine rings is 1. The van der Waals surface area contributed by atoms with Gasteiger partial charge in [0.2, 0.25) is 0 Å². The van der Waals surface area contributed by atoms with Gasteiger partial charge in [-0.2, -0.15) is 0 Å². The number of ether oxygens (including phenoxy) is 1. The van der Waals surface area contributed by atoms with E-state index in [-0.39, 0.29) is 17.5 Å². The third-order valence-electron chi connectivity index (χ3n) is 5.30. The molecule has 2 amide bonds. The zero-order valence-electron chi connectivity index (χ0n) is 15.4. The molecule has 0 N–H and O–H groups in total. The van der Waals surface area contributed by atoms with Crippen molar-refractivity contribution in [2.24, 2.45) is 0 Å². The molecule has 0 saturated carbocycles. The molecule has 2 fully saturated rings. The number of carbonyl (C=O) groups excluding carboxylic acids is 2. The zero-order valence-corrected chi connectivity index (χ0v) is 15.4. The number of piperidine rings is 1. The van der Waals surface area contributed by atoms with E-state index in [1.807, 2.05) is 35.2 Å². The van der Waals surface area contributed by atoms with Gasteiger partial charge in [0.1, 0.15) is 5.75 Å². The lowest BCUT2D eigenvalue weighted by Gasteiger charge is -2.47. The quantitative estimate of drug-likeness (QED) is 0.726. The second-order valence-corrected chi connectivity index (χ2v) is 7.17. The van der Waals surface area contributed by atoms with Crippen LogP contribution in [0, 0.1) is 0 Å². The summed E-state index contributed by atoms with van der Waals surface area (Å²) in [5, 5.41) is 0. The number of fused-ring (bicyclic) bond motifs is 2. The first-order valence-electron chi connectivity index (χ1n) is 9.37. The summed E-state index contributed by atoms with van der Waals surface area (Å²) in [6.07, 6.45) is -2.74. The van der Waals surface area contributed by atoms with Gasteiger partial charge in [0, 0.05) is 6.54 Å². The lowest BCUT2D eigenvalue weighted by molar-refractivity contribution is -0.274. The minimum absolute atomic E-state index is 0.255. The van der Waals surface area contributed by atoms with Crippen LogP contribution in [0.5, 0.6) is 5.75 Å². The van der Waals surface area contributed by atoms with Crippen LogP contribution >= 0.6 is 0 Å². The average molecular weight is 404 g/mol. The highest BCUT2D eigenvalue weighted by atomic mass is 19.4. The Morgan fingerprint density at radius 3 is 2.03 bits per heavy atom. The Morgan fingerprint density at radius 1 is 0.897 bits per heavy atom. The molecule has 4 rings (SSSR count). The van der Waals surface area contributed by atoms with E-state index in [2.05, 4.69) is 4.74 Å². The Labute approximate surface area is 165 Å². The summed E-state index contributed by atoms with van der Waals surface area (Å²) in [6.45, 7) is 0.500. The van der Waals surface area contributed by atoms with Gasteiger partial charge in [-0.15, -0.1) is 13.2 Å². The highest BCUT2D eigenvalue weighted by Gasteiger charge is 2.48. The van der Waals surface area contributed by atoms with Crippen LogP contribution in [0.25, 0.3) is 0 Å². The van der Waals surface area contributed by atoms with Crippen LogP contribution in [-0.2, 0) is 16.1 Å². The Bertz CT molecular complexity index is 876. The topological polar surface area (TPSA) is 49.9 Å². The maximum absolute atomic E-state index is 13.1. The summed E-state index contributed by atoms with van der Waals surface area (Å²) in [4.78, 5) is 29.3. The van der Waals surface area contributed by atoms with E-state index in [1.54, 1.807) is 0 Å². The van der Waals surface area contributed by atoms with Crippen molar-refractivity contribution in [2.75, 3.05) is 4.90 Å². The second-order valence-electron chi connectivity index (χ2n) is 7.17. The Hall–Kier alpha value is -2.87. The summed E-state index contributed by atoms with van der Waals surface area (Å²) in [7, 11) is 0. The normalized spacial score (nSPS) is 22.7. The van der Waals surface area contributed by atoms with Gasteiger partial charge in [0.05, 0.1) is 17.8 Å². The van der Waals surface area contributed by atoms with E-state index in [1.165, 1.54) is 12.1 Å². The standard InChI is InChI=1S/C21H19F3N2O3/c22-21(23,24)29-16-11-9-15(10-12-16)26-19(27)17-7-4-8-18(20(26)28)25(17)13-14-5-2-1-3-6-14/h1-3,5-6,9-12,17-18H,4,7-8,13H2. The molecule has 0 aliphatic carbocycles. The summed E-state index contributed by atoms with van der Waals surface area (Å²) in [5.41, 5.74) is 1.28. The molecule has 152 valence electrons. The van der Waals surface area contributed by atoms with Crippen molar-refractivity contribution in [3.8, 4) is 5.75 Å². The van der Waals surface area contributed by atoms with Crippen LogP contribution in [0.3, 0.4) is 0 Å². The first kappa shape index (κ1) is 19.4. The molecule has 8 heteroatoms. The van der Waals surface area contributed by atoms with Gasteiger partial charge < -0.3 is 4.74 Å². The number of hydrogen-bond donors (Lipinski definition) is 0. The van der Waals surface area contributed by atoms with Crippen LogP contribution < -0.4 is 9.64 Å². The van der Waals surface area contributed by atoms with Crippen molar-refractivity contribution in [1.29, 1.82) is 0 Å². The maximum Gasteiger partial charge on any atom is 0.573 e. The van der Waals surface area contributed by atoms with Crippen molar-refractivity contribution in [2.45, 2.75) is 44.3 Å². The van der Waals surface area contributed by atoms with Crippen molar-refractivity contribution in [3.05, 3.63) is 60.2 Å². The minimum Gasteiger partial charge on any atom is -0.406 e. The van der Waals surface area contributed by atoms with E-state index in [4.69, 9.17) is 0 Å². The van der Waals surface area contributed by atoms with Gasteiger partial charge in [-0.25, -0.2) is 4.90 Å². The van der Waals surface area contributed by atoms with Gasteiger partial charge in [0.15, 0.2) is 0 Å². The Morgan fingerprint density at radius 2 is 1.48 bits per heavy atom. The van der Waals surface area contributed by atoms with E-state index in [0.29, 0.717) is 19.4 Å². The molecule has 2 aromatic rings. The van der Waals surface area contributed by atoms with Crippen LogP contribution in [0.4, 0.5) is 18.9 Å². The number of imide groups is 1. The van der Waals surface area contributed by atoms with Crippen LogP contribution in [0.15, 0.2) is 54.6 Å². The molecule has 5 nitrogen and oxygen atoms in total. The first-order chi connectivity index (χ1) is 13.8. The molecule has 0 aromatic heterocycles. The van der Waals surface area contributed by atoms with Gasteiger partial charge in [-0.1, -0.05) is 30.3 Å². The van der Waals surface area contributed by atoms with Crippen LogP contribution in [0.1, 0.15) is 24.8 Å². The van der Waals surface area contributed by atoms with E-state index >= 15 is 0 Å². The predicted octanol–water partition coefficient (Wildman–Crippen LogP) is 3.88. The number of anilines is 1. The Balaban J connectivity index is 1.58. The third-order valence-corrected chi connectivity index (χ3v) is 5.30. The first-order valence-corrected chi connectivity index (χ1v) is 9.37. The lowest BCUT2D eigenvalue weighted by atomic mass is 9.89. The minimum atomic E-state index is -4.80. The monoisotopic (exact) mass is 404 g/mol. The zero-order chi connectivity index (χ0) is 20.6. The third kappa shape index (κ3) is 3.98. The summed E-state index contributed by atoms with van der Waals surface area (Å²) < 4.78 is 40.9. The van der Waals surface area contributed by atoms with Gasteiger partial charge in [-0.05, 0) is 49.1 Å². The molecule has 29 heavy (non-hydrogen) atoms. The SMILES string of the molecule is O=C1C2CCCC(C(=O)N1c1ccc(OC(F)(F)F)cc1)N2Cc1ccccc1. The number of alkyl halides is 3. The number of amides is 2. The number of halogens is 3. The van der Waals surface area contributed by atoms with Gasteiger partial charge in [0.25, 0.3) is 11.8 Å². The average Bonchev–Trinajstić information content (AvgIpc) is 2.68. The molecule has 2 unspecified atom stereocenters. The lowest BCUT2D eigenvalue weighted by Crippen LogP contribution is -2.66. The number of rotatable bonds is 4. The fourth-order valence-corrected chi connectivity index (χ4v) is 4.06. The second kappa shape index (κ2) is 7.51. The molecule has 2 aromatic carbocycles. The van der Waals surface area contributed by atoms with Crippen LogP contribution in [-0.4, -0.2) is 35.2 Å². The molecule has 2 aliphatic heterocycles. The summed E-state index contributed by atoms with van der Waals surface area (Å²) in [6, 6.07) is 13.6. The van der Waals surface area contributed by atoms with Gasteiger partial charge in [-0.3, -0.25) is 14.5 Å². The molecular weight excluding hydrogens is 385 g/mol. The molecule has 2 atom stereocenters. The van der Waals surface area contributed by atoms with Gasteiger partial charge >= 0.3 is 6.36 Å². The number of hydrogen-bond acceptors (Lipinski definition) is 4. The molecular formula is C21H19F3N2O3. The number of benzene rings is 2. The van der Waals surface area contributed by atoms with Crippen molar-refractivity contribution in [3.63, 3.8) is 0 Å². The van der Waals surface area contributed by atoms with Crippen LogP contribution in [0.2, 0.25) is 0 Å². The molecule has 2 heterocycles. The largest absolute Gasteiger partial charge is 0.573 e. The Kier molecular flexibility index (Phi) is 5.04. The molecule has 2 aliphatic rings. The van der Waals surface area contributed by atoms with Crippen molar-refractivity contribution >= 4 is 17.5 Å². The predicted molar refractivity (Wildman–Crippen MR) is 99.0 cm³/mol. The summed E-state index contributed by atoms with van der Waals surface area (Å²) in [5.74, 6) is -1.08. The maximum atomic E-state index is 13.1. The highest BCUT2D eigenvalue weighted by molar-refractivity contribution is 6.20. The molecule has 2 bridgehead atoms. The fraction of sp³-hybridized carbons (Fsp3) is 0.333. The molecule has 2 saturated heterocycles. The number of carbonyl (C=O) groups is 2. The van der Waals surface area contributed by atoms with E-state index in [9.17, 15) is 22.8 Å². The van der Waals surface area contributed by atoms with Crippen molar-refractivity contribution < 1.29 is 27.5 Å².